The largest absolute Gasteiger partial charge is 0.480 e. The van der Waals surface area contributed by atoms with E-state index in [0.29, 0.717) is 13.1 Å². The van der Waals surface area contributed by atoms with Gasteiger partial charge in [0.25, 0.3) is 0 Å². The number of pyridine rings is 1. The molecule has 0 aliphatic carbocycles. The zero-order valence-electron chi connectivity index (χ0n) is 11.1. The third-order valence-electron chi connectivity index (χ3n) is 2.92. The summed E-state index contributed by atoms with van der Waals surface area (Å²) in [6, 6.07) is 5.25. The number of nitrogens with one attached hydrogen (secondary N) is 2. The van der Waals surface area contributed by atoms with E-state index < -0.39 is 12.0 Å². The van der Waals surface area contributed by atoms with Gasteiger partial charge in [0.2, 0.25) is 0 Å². The maximum Gasteiger partial charge on any atom is 0.322 e. The normalized spacial score (nSPS) is 13.3. The molecule has 0 amide bonds. The van der Waals surface area contributed by atoms with Crippen LogP contribution in [0.25, 0.3) is 0 Å². The fourth-order valence-corrected chi connectivity index (χ4v) is 1.70. The zero-order chi connectivity index (χ0) is 13.6. The van der Waals surface area contributed by atoms with Gasteiger partial charge in [0.15, 0.2) is 0 Å². The van der Waals surface area contributed by atoms with Gasteiger partial charge < -0.3 is 15.7 Å². The number of carboxylic acids is 1. The summed E-state index contributed by atoms with van der Waals surface area (Å²) in [5.41, 5.74) is 0.867. The lowest BCUT2D eigenvalue weighted by Gasteiger charge is -2.25. The van der Waals surface area contributed by atoms with Crippen LogP contribution < -0.4 is 10.6 Å². The van der Waals surface area contributed by atoms with E-state index in [1.54, 1.807) is 13.2 Å². The van der Waals surface area contributed by atoms with Gasteiger partial charge in [0.05, 0.1) is 0 Å². The fraction of sp³-hybridized carbons (Fsp3) is 0.538. The molecule has 0 saturated heterocycles. The Balaban J connectivity index is 2.50. The first-order chi connectivity index (χ1) is 8.47. The average molecular weight is 251 g/mol. The standard InChI is InChI=1S/C13H21N3O2/c1-13(2,11-6-4-5-7-16-11)9-15-8-10(14-3)12(17)18/h4-7,10,14-15H,8-9H2,1-3H3,(H,17,18). The molecule has 0 aliphatic rings. The molecule has 5 heteroatoms. The van der Waals surface area contributed by atoms with Gasteiger partial charge in [0, 0.05) is 30.4 Å². The second-order valence-corrected chi connectivity index (χ2v) is 4.91. The maximum absolute atomic E-state index is 10.8. The van der Waals surface area contributed by atoms with Crippen molar-refractivity contribution in [1.82, 2.24) is 15.6 Å². The summed E-state index contributed by atoms with van der Waals surface area (Å²) < 4.78 is 0. The van der Waals surface area contributed by atoms with Gasteiger partial charge in [-0.25, -0.2) is 0 Å². The van der Waals surface area contributed by atoms with Crippen molar-refractivity contribution in [3.05, 3.63) is 30.1 Å². The van der Waals surface area contributed by atoms with Crippen LogP contribution in [0.5, 0.6) is 0 Å². The molecule has 3 N–H and O–H groups in total. The van der Waals surface area contributed by atoms with Crippen LogP contribution in [-0.4, -0.2) is 42.2 Å². The van der Waals surface area contributed by atoms with Crippen molar-refractivity contribution in [2.24, 2.45) is 0 Å². The van der Waals surface area contributed by atoms with Crippen molar-refractivity contribution < 1.29 is 9.90 Å². The molecule has 1 unspecified atom stereocenters. The van der Waals surface area contributed by atoms with Gasteiger partial charge >= 0.3 is 5.97 Å². The van der Waals surface area contributed by atoms with Gasteiger partial charge in [-0.2, -0.15) is 0 Å². The number of rotatable bonds is 7. The monoisotopic (exact) mass is 251 g/mol. The molecule has 100 valence electrons. The van der Waals surface area contributed by atoms with E-state index in [4.69, 9.17) is 5.11 Å². The van der Waals surface area contributed by atoms with Crippen molar-refractivity contribution in [1.29, 1.82) is 0 Å². The number of nitrogens with zero attached hydrogens (tertiary/aromatic N) is 1. The van der Waals surface area contributed by atoms with Crippen molar-refractivity contribution in [2.45, 2.75) is 25.3 Å². The number of aromatic nitrogens is 1. The van der Waals surface area contributed by atoms with Crippen LogP contribution in [0.15, 0.2) is 24.4 Å². The smallest absolute Gasteiger partial charge is 0.322 e. The predicted molar refractivity (Wildman–Crippen MR) is 70.6 cm³/mol. The van der Waals surface area contributed by atoms with Gasteiger partial charge in [0.1, 0.15) is 6.04 Å². The summed E-state index contributed by atoms with van der Waals surface area (Å²) in [7, 11) is 1.64. The molecule has 0 fully saturated rings. The first-order valence-corrected chi connectivity index (χ1v) is 5.99. The molecule has 1 rings (SSSR count). The Morgan fingerprint density at radius 3 is 2.72 bits per heavy atom. The quantitative estimate of drug-likeness (QED) is 0.662. The maximum atomic E-state index is 10.8. The fourth-order valence-electron chi connectivity index (χ4n) is 1.70. The lowest BCUT2D eigenvalue weighted by molar-refractivity contribution is -0.139. The summed E-state index contributed by atoms with van der Waals surface area (Å²) >= 11 is 0. The zero-order valence-corrected chi connectivity index (χ0v) is 11.1. The third kappa shape index (κ3) is 4.09. The molecule has 0 radical (unpaired) electrons. The molecule has 0 aliphatic heterocycles. The first-order valence-electron chi connectivity index (χ1n) is 5.99. The topological polar surface area (TPSA) is 74.2 Å². The minimum Gasteiger partial charge on any atom is -0.480 e. The Kier molecular flexibility index (Phi) is 5.25. The van der Waals surface area contributed by atoms with E-state index in [9.17, 15) is 4.79 Å². The highest BCUT2D eigenvalue weighted by Crippen LogP contribution is 2.19. The Bertz CT molecular complexity index is 379. The molecule has 1 atom stereocenters. The first kappa shape index (κ1) is 14.6. The Labute approximate surface area is 108 Å². The van der Waals surface area contributed by atoms with Crippen LogP contribution in [0.3, 0.4) is 0 Å². The number of hydrogen-bond acceptors (Lipinski definition) is 4. The van der Waals surface area contributed by atoms with Crippen molar-refractivity contribution >= 4 is 5.97 Å². The van der Waals surface area contributed by atoms with Crippen LogP contribution in [0.2, 0.25) is 0 Å². The molecule has 1 aromatic rings. The van der Waals surface area contributed by atoms with Gasteiger partial charge in [-0.05, 0) is 19.2 Å². The van der Waals surface area contributed by atoms with Crippen molar-refractivity contribution in [3.8, 4) is 0 Å². The van der Waals surface area contributed by atoms with E-state index in [0.717, 1.165) is 5.69 Å². The number of carbonyl (C=O) groups is 1. The summed E-state index contributed by atoms with van der Waals surface area (Å²) in [5, 5.41) is 14.8. The van der Waals surface area contributed by atoms with Crippen LogP contribution >= 0.6 is 0 Å². The predicted octanol–water partition coefficient (Wildman–Crippen LogP) is 0.621. The van der Waals surface area contributed by atoms with Crippen LogP contribution in [0, 0.1) is 0 Å². The van der Waals surface area contributed by atoms with Crippen LogP contribution in [0.4, 0.5) is 0 Å². The van der Waals surface area contributed by atoms with Crippen LogP contribution in [-0.2, 0) is 10.2 Å². The number of likely N-dealkylation sites (N-methyl/N-ethyl adjacent to an activating group) is 1. The molecule has 0 bridgehead atoms. The number of hydrogen-bond donors (Lipinski definition) is 3. The number of aliphatic carboxylic acids is 1. The molecular formula is C13H21N3O2. The van der Waals surface area contributed by atoms with Gasteiger partial charge in [-0.3, -0.25) is 9.78 Å². The third-order valence-corrected chi connectivity index (χ3v) is 2.92. The van der Waals surface area contributed by atoms with E-state index in [1.165, 1.54) is 0 Å². The molecule has 0 spiro atoms. The number of carboxylic acid groups (broad SMARTS) is 1. The Morgan fingerprint density at radius 1 is 1.50 bits per heavy atom. The highest BCUT2D eigenvalue weighted by molar-refractivity contribution is 5.73. The molecule has 5 nitrogen and oxygen atoms in total. The Hall–Kier alpha value is -1.46. The van der Waals surface area contributed by atoms with E-state index in [1.807, 2.05) is 18.2 Å². The molecule has 18 heavy (non-hydrogen) atoms. The highest BCUT2D eigenvalue weighted by Gasteiger charge is 2.22. The summed E-state index contributed by atoms with van der Waals surface area (Å²) in [4.78, 5) is 15.2. The average Bonchev–Trinajstić information content (AvgIpc) is 2.35. The SMILES string of the molecule is CNC(CNCC(C)(C)c1ccccn1)C(=O)O. The summed E-state index contributed by atoms with van der Waals surface area (Å²) in [5.74, 6) is -0.847. The molecule has 0 aromatic carbocycles. The lowest BCUT2D eigenvalue weighted by Crippen LogP contribution is -2.45. The molecular weight excluding hydrogens is 230 g/mol. The molecule has 1 aromatic heterocycles. The minimum atomic E-state index is -0.847. The minimum absolute atomic E-state index is 0.127. The summed E-state index contributed by atoms with van der Waals surface area (Å²) in [6.45, 7) is 5.23. The lowest BCUT2D eigenvalue weighted by atomic mass is 9.88. The Morgan fingerprint density at radius 2 is 2.22 bits per heavy atom. The summed E-state index contributed by atoms with van der Waals surface area (Å²) in [6.07, 6.45) is 1.77. The molecule has 0 saturated carbocycles. The molecule has 1 heterocycles. The second kappa shape index (κ2) is 6.47. The van der Waals surface area contributed by atoms with Crippen molar-refractivity contribution in [3.63, 3.8) is 0 Å². The second-order valence-electron chi connectivity index (χ2n) is 4.91. The van der Waals surface area contributed by atoms with Gasteiger partial charge in [-0.15, -0.1) is 0 Å². The highest BCUT2D eigenvalue weighted by atomic mass is 16.4. The van der Waals surface area contributed by atoms with Gasteiger partial charge in [-0.1, -0.05) is 19.9 Å². The van der Waals surface area contributed by atoms with E-state index in [-0.39, 0.29) is 5.41 Å². The van der Waals surface area contributed by atoms with Crippen LogP contribution in [0.1, 0.15) is 19.5 Å². The van der Waals surface area contributed by atoms with E-state index in [2.05, 4.69) is 29.5 Å². The van der Waals surface area contributed by atoms with Crippen molar-refractivity contribution in [2.75, 3.05) is 20.1 Å². The van der Waals surface area contributed by atoms with E-state index >= 15 is 0 Å².